The van der Waals surface area contributed by atoms with Crippen LogP contribution in [0.1, 0.15) is 10.4 Å². The molecule has 0 aliphatic carbocycles. The van der Waals surface area contributed by atoms with Crippen molar-refractivity contribution in [3.63, 3.8) is 0 Å². The van der Waals surface area contributed by atoms with Crippen molar-refractivity contribution >= 4 is 17.5 Å². The molecule has 25 heavy (non-hydrogen) atoms. The van der Waals surface area contributed by atoms with Crippen LogP contribution in [0, 0.1) is 5.82 Å². The number of hydrogen-bond acceptors (Lipinski definition) is 4. The first-order valence-corrected chi connectivity index (χ1v) is 7.73. The number of ether oxygens (including phenoxy) is 2. The summed E-state index contributed by atoms with van der Waals surface area (Å²) in [6, 6.07) is 10.3. The number of likely N-dealkylation sites (N-methyl/N-ethyl adjacent to an activating group) is 1. The second kappa shape index (κ2) is 7.21. The molecule has 0 aromatic heterocycles. The minimum absolute atomic E-state index is 0.134. The van der Waals surface area contributed by atoms with Crippen molar-refractivity contribution in [1.29, 1.82) is 0 Å². The van der Waals surface area contributed by atoms with Crippen molar-refractivity contribution < 1.29 is 23.5 Å². The number of rotatable bonds is 4. The highest BCUT2D eigenvalue weighted by Crippen LogP contribution is 2.31. The summed E-state index contributed by atoms with van der Waals surface area (Å²) in [5.41, 5.74) is 0.868. The molecule has 0 spiro atoms. The number of hydrogen-bond donors (Lipinski definition) is 1. The molecule has 0 bridgehead atoms. The molecule has 0 saturated heterocycles. The van der Waals surface area contributed by atoms with Gasteiger partial charge in [0.2, 0.25) is 5.91 Å². The van der Waals surface area contributed by atoms with Gasteiger partial charge in [-0.3, -0.25) is 9.59 Å². The lowest BCUT2D eigenvalue weighted by molar-refractivity contribution is -0.116. The number of nitrogens with zero attached hydrogens (tertiary/aromatic N) is 1. The normalized spacial score (nSPS) is 12.4. The molecule has 0 fully saturated rings. The Hall–Kier alpha value is -3.09. The Balaban J connectivity index is 1.62. The van der Waals surface area contributed by atoms with Gasteiger partial charge in [0.15, 0.2) is 11.5 Å². The standard InChI is InChI=1S/C18H17FN2O4/c1-21(11-17(22)20-14-5-3-13(19)4-6-14)18(23)12-2-7-15-16(10-12)25-9-8-24-15/h2-7,10H,8-9,11H2,1H3,(H,20,22). The van der Waals surface area contributed by atoms with E-state index in [1.165, 1.54) is 36.2 Å². The predicted octanol–water partition coefficient (Wildman–Crippen LogP) is 2.31. The van der Waals surface area contributed by atoms with Crippen LogP contribution in [0.5, 0.6) is 11.5 Å². The quantitative estimate of drug-likeness (QED) is 0.924. The molecule has 1 heterocycles. The van der Waals surface area contributed by atoms with Crippen LogP contribution in [0.15, 0.2) is 42.5 Å². The summed E-state index contributed by atoms with van der Waals surface area (Å²) in [6.45, 7) is 0.773. The number of carbonyl (C=O) groups excluding carboxylic acids is 2. The highest BCUT2D eigenvalue weighted by molar-refractivity contribution is 5.99. The highest BCUT2D eigenvalue weighted by Gasteiger charge is 2.19. The molecule has 0 saturated carbocycles. The Morgan fingerprint density at radius 1 is 1.08 bits per heavy atom. The van der Waals surface area contributed by atoms with E-state index in [-0.39, 0.29) is 24.2 Å². The number of fused-ring (bicyclic) bond motifs is 1. The number of benzene rings is 2. The van der Waals surface area contributed by atoms with E-state index in [1.807, 2.05) is 0 Å². The Labute approximate surface area is 144 Å². The minimum Gasteiger partial charge on any atom is -0.486 e. The molecule has 0 atom stereocenters. The van der Waals surface area contributed by atoms with Crippen LogP contribution in [0.3, 0.4) is 0 Å². The highest BCUT2D eigenvalue weighted by atomic mass is 19.1. The predicted molar refractivity (Wildman–Crippen MR) is 89.4 cm³/mol. The largest absolute Gasteiger partial charge is 0.486 e. The van der Waals surface area contributed by atoms with Gasteiger partial charge in [-0.2, -0.15) is 0 Å². The SMILES string of the molecule is CN(CC(=O)Nc1ccc(F)cc1)C(=O)c1ccc2c(c1)OCCO2. The van der Waals surface area contributed by atoms with Crippen LogP contribution in [0.2, 0.25) is 0 Å². The molecule has 2 amide bonds. The van der Waals surface area contributed by atoms with E-state index in [0.717, 1.165) is 0 Å². The first-order chi connectivity index (χ1) is 12.0. The molecular weight excluding hydrogens is 327 g/mol. The Kier molecular flexibility index (Phi) is 4.83. The van der Waals surface area contributed by atoms with Gasteiger partial charge in [0.1, 0.15) is 19.0 Å². The number of nitrogens with one attached hydrogen (secondary N) is 1. The van der Waals surface area contributed by atoms with Crippen LogP contribution in [0.4, 0.5) is 10.1 Å². The van der Waals surface area contributed by atoms with Crippen molar-refractivity contribution in [3.05, 3.63) is 53.8 Å². The number of amides is 2. The van der Waals surface area contributed by atoms with Crippen molar-refractivity contribution in [2.45, 2.75) is 0 Å². The molecule has 1 aliphatic rings. The van der Waals surface area contributed by atoms with E-state index < -0.39 is 0 Å². The molecule has 7 heteroatoms. The molecule has 2 aromatic rings. The van der Waals surface area contributed by atoms with E-state index in [4.69, 9.17) is 9.47 Å². The molecule has 1 aliphatic heterocycles. The molecule has 2 aromatic carbocycles. The fraction of sp³-hybridized carbons (Fsp3) is 0.222. The van der Waals surface area contributed by atoms with Crippen LogP contribution >= 0.6 is 0 Å². The zero-order valence-electron chi connectivity index (χ0n) is 13.6. The van der Waals surface area contributed by atoms with Gasteiger partial charge < -0.3 is 19.7 Å². The fourth-order valence-electron chi connectivity index (χ4n) is 2.42. The smallest absolute Gasteiger partial charge is 0.254 e. The lowest BCUT2D eigenvalue weighted by atomic mass is 10.1. The number of halogens is 1. The summed E-state index contributed by atoms with van der Waals surface area (Å²) in [7, 11) is 1.53. The first-order valence-electron chi connectivity index (χ1n) is 7.73. The Morgan fingerprint density at radius 2 is 1.76 bits per heavy atom. The van der Waals surface area contributed by atoms with Gasteiger partial charge in [0.05, 0.1) is 6.54 Å². The van der Waals surface area contributed by atoms with E-state index in [1.54, 1.807) is 18.2 Å². The maximum atomic E-state index is 12.9. The lowest BCUT2D eigenvalue weighted by Gasteiger charge is -2.20. The van der Waals surface area contributed by atoms with E-state index in [0.29, 0.717) is 36.0 Å². The van der Waals surface area contributed by atoms with Crippen molar-refractivity contribution in [2.24, 2.45) is 0 Å². The number of anilines is 1. The van der Waals surface area contributed by atoms with E-state index in [9.17, 15) is 14.0 Å². The average molecular weight is 344 g/mol. The summed E-state index contributed by atoms with van der Waals surface area (Å²) in [6.07, 6.45) is 0. The molecule has 0 unspecified atom stereocenters. The van der Waals surface area contributed by atoms with Gasteiger partial charge in [-0.15, -0.1) is 0 Å². The van der Waals surface area contributed by atoms with Crippen LogP contribution in [-0.4, -0.2) is 43.5 Å². The lowest BCUT2D eigenvalue weighted by Crippen LogP contribution is -2.35. The zero-order chi connectivity index (χ0) is 17.8. The first kappa shape index (κ1) is 16.8. The second-order valence-corrected chi connectivity index (χ2v) is 5.57. The van der Waals surface area contributed by atoms with Crippen molar-refractivity contribution in [3.8, 4) is 11.5 Å². The average Bonchev–Trinajstić information content (AvgIpc) is 2.62. The minimum atomic E-state index is -0.385. The van der Waals surface area contributed by atoms with Gasteiger partial charge in [0, 0.05) is 18.3 Å². The van der Waals surface area contributed by atoms with Gasteiger partial charge in [0.25, 0.3) is 5.91 Å². The number of carbonyl (C=O) groups is 2. The van der Waals surface area contributed by atoms with E-state index in [2.05, 4.69) is 5.32 Å². The second-order valence-electron chi connectivity index (χ2n) is 5.57. The molecule has 1 N–H and O–H groups in total. The van der Waals surface area contributed by atoms with Crippen molar-refractivity contribution in [2.75, 3.05) is 32.1 Å². The molecule has 130 valence electrons. The van der Waals surface area contributed by atoms with Crippen LogP contribution in [0.25, 0.3) is 0 Å². The van der Waals surface area contributed by atoms with Crippen LogP contribution < -0.4 is 14.8 Å². The summed E-state index contributed by atoms with van der Waals surface area (Å²) >= 11 is 0. The Morgan fingerprint density at radius 3 is 2.48 bits per heavy atom. The third-order valence-electron chi connectivity index (χ3n) is 3.64. The maximum absolute atomic E-state index is 12.9. The zero-order valence-corrected chi connectivity index (χ0v) is 13.6. The summed E-state index contributed by atoms with van der Waals surface area (Å²) in [5.74, 6) is 0.0379. The van der Waals surface area contributed by atoms with Gasteiger partial charge >= 0.3 is 0 Å². The van der Waals surface area contributed by atoms with Crippen molar-refractivity contribution in [1.82, 2.24) is 4.90 Å². The maximum Gasteiger partial charge on any atom is 0.254 e. The molecule has 6 nitrogen and oxygen atoms in total. The molecular formula is C18H17FN2O4. The summed E-state index contributed by atoms with van der Waals surface area (Å²) in [4.78, 5) is 25.8. The molecule has 3 rings (SSSR count). The summed E-state index contributed by atoms with van der Waals surface area (Å²) in [5, 5.41) is 2.61. The fourth-order valence-corrected chi connectivity index (χ4v) is 2.42. The van der Waals surface area contributed by atoms with Crippen LogP contribution in [-0.2, 0) is 4.79 Å². The monoisotopic (exact) mass is 344 g/mol. The topological polar surface area (TPSA) is 67.9 Å². The van der Waals surface area contributed by atoms with Gasteiger partial charge in [-0.25, -0.2) is 4.39 Å². The van der Waals surface area contributed by atoms with Gasteiger partial charge in [-0.1, -0.05) is 0 Å². The van der Waals surface area contributed by atoms with E-state index >= 15 is 0 Å². The molecule has 0 radical (unpaired) electrons. The van der Waals surface area contributed by atoms with Gasteiger partial charge in [-0.05, 0) is 42.5 Å². The Bertz CT molecular complexity index is 792. The third kappa shape index (κ3) is 4.06. The third-order valence-corrected chi connectivity index (χ3v) is 3.64. The summed E-state index contributed by atoms with van der Waals surface area (Å²) < 4.78 is 23.7.